The van der Waals surface area contributed by atoms with Gasteiger partial charge in [0.1, 0.15) is 25.3 Å². The van der Waals surface area contributed by atoms with Crippen LogP contribution in [0.5, 0.6) is 5.75 Å². The SMILES string of the molecule is COn1c(=O)c(-c2cc(NC(=O)c3ccc(OCc4cccc(F)c4)c(Cl)c3)ccc2Cl)cc2cnc(NCCN(C)C)nc21. The largest absolute Gasteiger partial charge is 0.487 e. The highest BCUT2D eigenvalue weighted by Gasteiger charge is 2.18. The Morgan fingerprint density at radius 2 is 1.84 bits per heavy atom. The first kappa shape index (κ1) is 31.7. The number of pyridine rings is 1. The summed E-state index contributed by atoms with van der Waals surface area (Å²) in [5.74, 6) is -0.109. The summed E-state index contributed by atoms with van der Waals surface area (Å²) in [6.07, 6.45) is 1.59. The quantitative estimate of drug-likeness (QED) is 0.185. The molecule has 232 valence electrons. The number of nitrogens with zero attached hydrogens (tertiary/aromatic N) is 4. The van der Waals surface area contributed by atoms with Crippen molar-refractivity contribution in [2.45, 2.75) is 6.61 Å². The van der Waals surface area contributed by atoms with Gasteiger partial charge in [-0.25, -0.2) is 9.37 Å². The molecule has 0 unspecified atom stereocenters. The zero-order valence-corrected chi connectivity index (χ0v) is 26.1. The lowest BCUT2D eigenvalue weighted by Gasteiger charge is -2.14. The molecule has 0 radical (unpaired) electrons. The van der Waals surface area contributed by atoms with Gasteiger partial charge in [-0.3, -0.25) is 9.59 Å². The van der Waals surface area contributed by atoms with Gasteiger partial charge in [0.2, 0.25) is 5.95 Å². The smallest absolute Gasteiger partial charge is 0.293 e. The summed E-state index contributed by atoms with van der Waals surface area (Å²) in [7, 11) is 5.29. The molecule has 1 amide bonds. The molecule has 2 aromatic heterocycles. The minimum atomic E-state index is -0.492. The minimum Gasteiger partial charge on any atom is -0.487 e. The van der Waals surface area contributed by atoms with Crippen LogP contribution in [0.25, 0.3) is 22.2 Å². The van der Waals surface area contributed by atoms with Crippen molar-refractivity contribution in [3.05, 3.63) is 110 Å². The molecular weight excluding hydrogens is 622 g/mol. The summed E-state index contributed by atoms with van der Waals surface area (Å²) < 4.78 is 20.2. The molecule has 13 heteroatoms. The van der Waals surface area contributed by atoms with Crippen LogP contribution in [-0.2, 0) is 6.61 Å². The Morgan fingerprint density at radius 1 is 1.02 bits per heavy atom. The molecule has 2 N–H and O–H groups in total. The van der Waals surface area contributed by atoms with Crippen LogP contribution in [-0.4, -0.2) is 59.8 Å². The molecule has 0 aliphatic heterocycles. The number of nitrogens with one attached hydrogen (secondary N) is 2. The standard InChI is InChI=1S/C32H29Cl2FN6O4/c1-40(2)12-11-36-32-37-17-21-14-25(31(43)41(44-3)29(21)39-32)24-16-23(8-9-26(24)33)38-30(42)20-7-10-28(27(34)15-20)45-18-19-5-4-6-22(35)13-19/h4-10,13-17H,11-12,18H2,1-3H3,(H,38,42)(H,36,37,39). The van der Waals surface area contributed by atoms with Crippen LogP contribution < -0.4 is 25.8 Å². The molecule has 5 rings (SSSR count). The number of anilines is 2. The van der Waals surface area contributed by atoms with Gasteiger partial charge in [-0.05, 0) is 74.3 Å². The van der Waals surface area contributed by atoms with Gasteiger partial charge < -0.3 is 25.1 Å². The van der Waals surface area contributed by atoms with Gasteiger partial charge in [0.15, 0.2) is 5.65 Å². The third-order valence-corrected chi connectivity index (χ3v) is 7.34. The van der Waals surface area contributed by atoms with E-state index in [0.29, 0.717) is 40.4 Å². The number of carbonyl (C=O) groups is 1. The monoisotopic (exact) mass is 650 g/mol. The maximum Gasteiger partial charge on any atom is 0.293 e. The van der Waals surface area contributed by atoms with E-state index in [1.54, 1.807) is 54.7 Å². The van der Waals surface area contributed by atoms with Crippen LogP contribution >= 0.6 is 23.2 Å². The summed E-state index contributed by atoms with van der Waals surface area (Å²) in [5.41, 5.74) is 1.70. The lowest BCUT2D eigenvalue weighted by molar-refractivity contribution is 0.102. The first-order chi connectivity index (χ1) is 21.6. The summed E-state index contributed by atoms with van der Waals surface area (Å²) in [5, 5.41) is 6.99. The number of aromatic nitrogens is 3. The maximum atomic E-state index is 13.5. The highest BCUT2D eigenvalue weighted by Crippen LogP contribution is 2.31. The van der Waals surface area contributed by atoms with Gasteiger partial charge in [0.05, 0.1) is 10.6 Å². The molecule has 45 heavy (non-hydrogen) atoms. The molecule has 0 atom stereocenters. The first-order valence-corrected chi connectivity index (χ1v) is 14.5. The lowest BCUT2D eigenvalue weighted by Crippen LogP contribution is -2.28. The Kier molecular flexibility index (Phi) is 9.82. The zero-order chi connectivity index (χ0) is 32.1. The lowest BCUT2D eigenvalue weighted by atomic mass is 10.1. The second kappa shape index (κ2) is 13.9. The number of benzene rings is 3. The van der Waals surface area contributed by atoms with Crippen molar-refractivity contribution >= 4 is 51.8 Å². The average Bonchev–Trinajstić information content (AvgIpc) is 3.01. The third kappa shape index (κ3) is 7.51. The molecule has 2 heterocycles. The molecule has 5 aromatic rings. The van der Waals surface area contributed by atoms with Crippen molar-refractivity contribution in [1.82, 2.24) is 19.6 Å². The third-order valence-electron chi connectivity index (χ3n) is 6.72. The Morgan fingerprint density at radius 3 is 2.58 bits per heavy atom. The van der Waals surface area contributed by atoms with E-state index in [1.165, 1.54) is 25.3 Å². The molecule has 10 nitrogen and oxygen atoms in total. The van der Waals surface area contributed by atoms with Gasteiger partial charge >= 0.3 is 0 Å². The summed E-state index contributed by atoms with van der Waals surface area (Å²) >= 11 is 12.9. The van der Waals surface area contributed by atoms with E-state index in [1.807, 2.05) is 19.0 Å². The topological polar surface area (TPSA) is 111 Å². The normalized spacial score (nSPS) is 11.1. The van der Waals surface area contributed by atoms with Crippen LogP contribution in [0, 0.1) is 5.82 Å². The molecule has 0 bridgehead atoms. The van der Waals surface area contributed by atoms with Crippen LogP contribution in [0.1, 0.15) is 15.9 Å². The average molecular weight is 652 g/mol. The van der Waals surface area contributed by atoms with Crippen molar-refractivity contribution in [1.29, 1.82) is 0 Å². The van der Waals surface area contributed by atoms with E-state index in [2.05, 4.69) is 20.6 Å². The van der Waals surface area contributed by atoms with Gasteiger partial charge in [-0.1, -0.05) is 35.3 Å². The van der Waals surface area contributed by atoms with Crippen molar-refractivity contribution in [3.8, 4) is 16.9 Å². The van der Waals surface area contributed by atoms with Crippen LogP contribution in [0.2, 0.25) is 10.0 Å². The Labute approximate surface area is 268 Å². The number of likely N-dealkylation sites (N-methyl/N-ethyl adjacent to an activating group) is 1. The van der Waals surface area contributed by atoms with Crippen LogP contribution in [0.3, 0.4) is 0 Å². The number of amides is 1. The van der Waals surface area contributed by atoms with E-state index in [-0.39, 0.29) is 39.2 Å². The van der Waals surface area contributed by atoms with Gasteiger partial charge in [-0.15, -0.1) is 4.73 Å². The van der Waals surface area contributed by atoms with Crippen molar-refractivity contribution in [2.24, 2.45) is 0 Å². The number of rotatable bonds is 11. The Balaban J connectivity index is 1.36. The maximum absolute atomic E-state index is 13.5. The number of fused-ring (bicyclic) bond motifs is 1. The Hall–Kier alpha value is -4.71. The predicted octanol–water partition coefficient (Wildman–Crippen LogP) is 5.77. The number of ether oxygens (including phenoxy) is 1. The highest BCUT2D eigenvalue weighted by molar-refractivity contribution is 6.33. The van der Waals surface area contributed by atoms with E-state index < -0.39 is 11.5 Å². The molecule has 0 aliphatic rings. The van der Waals surface area contributed by atoms with Crippen molar-refractivity contribution < 1.29 is 18.8 Å². The van der Waals surface area contributed by atoms with E-state index in [0.717, 1.165) is 11.3 Å². The van der Waals surface area contributed by atoms with Crippen LogP contribution in [0.4, 0.5) is 16.0 Å². The van der Waals surface area contributed by atoms with E-state index in [9.17, 15) is 14.0 Å². The van der Waals surface area contributed by atoms with Gasteiger partial charge in [-0.2, -0.15) is 4.98 Å². The molecule has 0 spiro atoms. The van der Waals surface area contributed by atoms with Crippen LogP contribution in [0.15, 0.2) is 77.7 Å². The van der Waals surface area contributed by atoms with Crippen molar-refractivity contribution in [2.75, 3.05) is 44.9 Å². The van der Waals surface area contributed by atoms with E-state index in [4.69, 9.17) is 32.8 Å². The fourth-order valence-electron chi connectivity index (χ4n) is 4.47. The fraction of sp³-hybridized carbons (Fsp3) is 0.188. The first-order valence-electron chi connectivity index (χ1n) is 13.8. The predicted molar refractivity (Wildman–Crippen MR) is 174 cm³/mol. The number of hydrogen-bond donors (Lipinski definition) is 2. The summed E-state index contributed by atoms with van der Waals surface area (Å²) in [4.78, 5) is 42.9. The number of hydrogen-bond acceptors (Lipinski definition) is 8. The molecule has 0 aliphatic carbocycles. The molecule has 0 saturated heterocycles. The number of halogens is 3. The minimum absolute atomic E-state index is 0.108. The highest BCUT2D eigenvalue weighted by atomic mass is 35.5. The van der Waals surface area contributed by atoms with Gasteiger partial charge in [0.25, 0.3) is 11.5 Å². The summed E-state index contributed by atoms with van der Waals surface area (Å²) in [6, 6.07) is 17.1. The molecule has 3 aromatic carbocycles. The summed E-state index contributed by atoms with van der Waals surface area (Å²) in [6.45, 7) is 1.49. The van der Waals surface area contributed by atoms with E-state index >= 15 is 0 Å². The molecule has 0 saturated carbocycles. The number of carbonyl (C=O) groups excluding carboxylic acids is 1. The van der Waals surface area contributed by atoms with Crippen molar-refractivity contribution in [3.63, 3.8) is 0 Å². The molecular formula is C32H29Cl2FN6O4. The second-order valence-electron chi connectivity index (χ2n) is 10.3. The fourth-order valence-corrected chi connectivity index (χ4v) is 4.92. The second-order valence-corrected chi connectivity index (χ2v) is 11.1. The Bertz CT molecular complexity index is 1930. The zero-order valence-electron chi connectivity index (χ0n) is 24.6. The molecule has 0 fully saturated rings. The van der Waals surface area contributed by atoms with Gasteiger partial charge in [0, 0.05) is 46.5 Å².